The number of hydrogen-bond donors (Lipinski definition) is 1. The minimum absolute atomic E-state index is 0.0978. The first-order chi connectivity index (χ1) is 23.7. The summed E-state index contributed by atoms with van der Waals surface area (Å²) in [6.07, 6.45) is -2.38. The van der Waals surface area contributed by atoms with E-state index in [2.05, 4.69) is 21.2 Å². The summed E-state index contributed by atoms with van der Waals surface area (Å²) in [5.41, 5.74) is 2.06. The molecule has 1 aliphatic heterocycles. The number of nitrogens with zero attached hydrogens (tertiary/aromatic N) is 2. The molecule has 2 aromatic carbocycles. The molecular formula is C36H38BrClF3N3O6. The quantitative estimate of drug-likeness (QED) is 0.227. The normalized spacial score (nSPS) is 18.7. The summed E-state index contributed by atoms with van der Waals surface area (Å²) in [5, 5.41) is 12.9. The van der Waals surface area contributed by atoms with Crippen LogP contribution in [0, 0.1) is 25.2 Å². The lowest BCUT2D eigenvalue weighted by Gasteiger charge is -2.37. The van der Waals surface area contributed by atoms with Gasteiger partial charge < -0.3 is 28.8 Å². The third-order valence-electron chi connectivity index (χ3n) is 8.60. The summed E-state index contributed by atoms with van der Waals surface area (Å²) in [6, 6.07) is 14.0. The van der Waals surface area contributed by atoms with Crippen molar-refractivity contribution in [2.75, 3.05) is 20.3 Å². The van der Waals surface area contributed by atoms with Gasteiger partial charge in [0.2, 0.25) is 0 Å². The zero-order chi connectivity index (χ0) is 36.8. The van der Waals surface area contributed by atoms with Crippen molar-refractivity contribution in [1.82, 2.24) is 9.88 Å². The zero-order valence-corrected chi connectivity index (χ0v) is 30.6. The maximum absolute atomic E-state index is 13.4. The van der Waals surface area contributed by atoms with E-state index >= 15 is 0 Å². The number of amides is 1. The maximum atomic E-state index is 13.4. The number of aromatic nitrogens is 1. The Balaban J connectivity index is 0.000000228. The smallest absolute Gasteiger partial charge is 0.434 e. The number of halogens is 5. The van der Waals surface area contributed by atoms with Crippen molar-refractivity contribution in [2.24, 2.45) is 0 Å². The predicted molar refractivity (Wildman–Crippen MR) is 185 cm³/mol. The highest BCUT2D eigenvalue weighted by molar-refractivity contribution is 9.10. The summed E-state index contributed by atoms with van der Waals surface area (Å²) in [5.74, 6) is 0.174. The van der Waals surface area contributed by atoms with Crippen molar-refractivity contribution >= 4 is 45.2 Å². The standard InChI is InChI=1S/C21H27NO5.C15H11BrClF3N2O/c1-5-26-20(24)27-18-17(16-12-13(2)6-7-14(16)3)19(23)22-21(18)10-8-15(25-4)9-11-21;1-2-23-8-22-13(9-3-5-10(17)6-4-9)11(7-21)12(16)14(22)15(18,19)20/h6-7,12,15H,5,8-11H2,1-4H3,(H,22,23);3-6H,2,8H2,1H3. The fourth-order valence-electron chi connectivity index (χ4n) is 6.17. The van der Waals surface area contributed by atoms with Crippen molar-refractivity contribution < 1.29 is 41.7 Å². The van der Waals surface area contributed by atoms with Crippen LogP contribution in [0.15, 0.2) is 52.7 Å². The summed E-state index contributed by atoms with van der Waals surface area (Å²) in [7, 11) is 1.70. The van der Waals surface area contributed by atoms with Crippen LogP contribution in [0.3, 0.4) is 0 Å². The number of nitriles is 1. The Morgan fingerprint density at radius 3 is 2.34 bits per heavy atom. The van der Waals surface area contributed by atoms with Gasteiger partial charge >= 0.3 is 12.3 Å². The second-order valence-corrected chi connectivity index (χ2v) is 13.1. The Bertz CT molecular complexity index is 1790. The van der Waals surface area contributed by atoms with Gasteiger partial charge in [0, 0.05) is 18.7 Å². The number of benzene rings is 2. The van der Waals surface area contributed by atoms with Crippen molar-refractivity contribution in [2.45, 2.75) is 77.9 Å². The molecule has 1 fully saturated rings. The van der Waals surface area contributed by atoms with E-state index in [0.29, 0.717) is 34.8 Å². The van der Waals surface area contributed by atoms with E-state index in [1.807, 2.05) is 38.1 Å². The molecule has 0 atom stereocenters. The number of alkyl halides is 3. The first-order valence-corrected chi connectivity index (χ1v) is 17.1. The molecule has 0 bridgehead atoms. The van der Waals surface area contributed by atoms with E-state index in [-0.39, 0.29) is 47.7 Å². The van der Waals surface area contributed by atoms with Gasteiger partial charge in [-0.1, -0.05) is 47.5 Å². The summed E-state index contributed by atoms with van der Waals surface area (Å²) < 4.78 is 62.1. The van der Waals surface area contributed by atoms with Crippen molar-refractivity contribution in [3.8, 4) is 17.3 Å². The molecule has 1 amide bonds. The number of carbonyl (C=O) groups excluding carboxylic acids is 2. The molecular weight excluding hydrogens is 743 g/mol. The Morgan fingerprint density at radius 1 is 1.12 bits per heavy atom. The van der Waals surface area contributed by atoms with E-state index in [1.165, 1.54) is 0 Å². The molecule has 9 nitrogen and oxygen atoms in total. The monoisotopic (exact) mass is 779 g/mol. The molecule has 0 radical (unpaired) electrons. The van der Waals surface area contributed by atoms with Crippen LogP contribution in [0.2, 0.25) is 5.02 Å². The molecule has 2 aliphatic rings. The molecule has 3 aromatic rings. The zero-order valence-electron chi connectivity index (χ0n) is 28.3. The van der Waals surface area contributed by atoms with Gasteiger partial charge in [-0.3, -0.25) is 4.79 Å². The molecule has 5 rings (SSSR count). The highest BCUT2D eigenvalue weighted by Crippen LogP contribution is 2.45. The third-order valence-corrected chi connectivity index (χ3v) is 9.62. The Kier molecular flexibility index (Phi) is 12.8. The van der Waals surface area contributed by atoms with Crippen LogP contribution in [0.4, 0.5) is 18.0 Å². The molecule has 1 aromatic heterocycles. The first kappa shape index (κ1) is 39.0. The first-order valence-electron chi connectivity index (χ1n) is 16.0. The average Bonchev–Trinajstić information content (AvgIpc) is 3.51. The second-order valence-electron chi connectivity index (χ2n) is 11.8. The maximum Gasteiger partial charge on any atom is 0.513 e. The number of aryl methyl sites for hydroxylation is 2. The number of hydrogen-bond acceptors (Lipinski definition) is 7. The second kappa shape index (κ2) is 16.5. The molecule has 1 aliphatic carbocycles. The summed E-state index contributed by atoms with van der Waals surface area (Å²) in [4.78, 5) is 25.1. The van der Waals surface area contributed by atoms with Gasteiger partial charge in [-0.2, -0.15) is 18.4 Å². The fraction of sp³-hybridized carbons (Fsp3) is 0.417. The minimum atomic E-state index is -4.63. The molecule has 14 heteroatoms. The average molecular weight is 781 g/mol. The molecule has 268 valence electrons. The molecule has 1 N–H and O–H groups in total. The van der Waals surface area contributed by atoms with Crippen LogP contribution >= 0.6 is 27.5 Å². The largest absolute Gasteiger partial charge is 0.513 e. The number of nitrogens with one attached hydrogen (secondary N) is 1. The fourth-order valence-corrected chi connectivity index (χ4v) is 7.01. The molecule has 2 heterocycles. The highest BCUT2D eigenvalue weighted by atomic mass is 79.9. The Morgan fingerprint density at radius 2 is 1.78 bits per heavy atom. The minimum Gasteiger partial charge on any atom is -0.434 e. The van der Waals surface area contributed by atoms with E-state index < -0.39 is 23.6 Å². The number of carbonyl (C=O) groups is 2. The van der Waals surface area contributed by atoms with Crippen LogP contribution in [0.1, 0.15) is 67.5 Å². The summed E-state index contributed by atoms with van der Waals surface area (Å²) >= 11 is 8.73. The van der Waals surface area contributed by atoms with Crippen LogP contribution in [-0.4, -0.2) is 48.6 Å². The summed E-state index contributed by atoms with van der Waals surface area (Å²) in [6.45, 7) is 7.47. The van der Waals surface area contributed by atoms with Crippen LogP contribution in [0.25, 0.3) is 16.8 Å². The van der Waals surface area contributed by atoms with E-state index in [9.17, 15) is 28.0 Å². The number of methoxy groups -OCH3 is 1. The van der Waals surface area contributed by atoms with Gasteiger partial charge in [0.25, 0.3) is 5.91 Å². The highest BCUT2D eigenvalue weighted by Gasteiger charge is 2.50. The lowest BCUT2D eigenvalue weighted by atomic mass is 9.79. The van der Waals surface area contributed by atoms with Crippen molar-refractivity contribution in [3.63, 3.8) is 0 Å². The molecule has 1 spiro atoms. The topological polar surface area (TPSA) is 112 Å². The van der Waals surface area contributed by atoms with E-state index in [0.717, 1.165) is 34.1 Å². The van der Waals surface area contributed by atoms with Gasteiger partial charge in [0.05, 0.1) is 39.6 Å². The Labute approximate surface area is 302 Å². The lowest BCUT2D eigenvalue weighted by molar-refractivity contribution is -0.146. The SMILES string of the molecule is CCOC(=O)OC1=C(c2cc(C)ccc2C)C(=O)NC12CCC(OC)CC2.CCOCn1c(-c2ccc(Cl)cc2)c(C#N)c(Br)c1C(F)(F)F. The van der Waals surface area contributed by atoms with Gasteiger partial charge in [0.15, 0.2) is 0 Å². The van der Waals surface area contributed by atoms with Gasteiger partial charge in [0.1, 0.15) is 24.3 Å². The van der Waals surface area contributed by atoms with E-state index in [1.54, 1.807) is 45.2 Å². The third kappa shape index (κ3) is 8.37. The van der Waals surface area contributed by atoms with Gasteiger partial charge in [-0.15, -0.1) is 0 Å². The molecule has 50 heavy (non-hydrogen) atoms. The van der Waals surface area contributed by atoms with Gasteiger partial charge in [-0.05, 0) is 98.1 Å². The predicted octanol–water partition coefficient (Wildman–Crippen LogP) is 9.10. The van der Waals surface area contributed by atoms with Gasteiger partial charge in [-0.25, -0.2) is 4.79 Å². The molecule has 0 unspecified atom stereocenters. The Hall–Kier alpha value is -3.83. The molecule has 1 saturated carbocycles. The van der Waals surface area contributed by atoms with Crippen LogP contribution in [0.5, 0.6) is 0 Å². The number of ether oxygens (including phenoxy) is 4. The van der Waals surface area contributed by atoms with E-state index in [4.69, 9.17) is 30.5 Å². The van der Waals surface area contributed by atoms with Crippen molar-refractivity contribution in [1.29, 1.82) is 5.26 Å². The van der Waals surface area contributed by atoms with Crippen LogP contribution in [-0.2, 0) is 36.6 Å². The van der Waals surface area contributed by atoms with Crippen molar-refractivity contribution in [3.05, 3.63) is 85.7 Å². The lowest BCUT2D eigenvalue weighted by Crippen LogP contribution is -2.49. The van der Waals surface area contributed by atoms with Crippen LogP contribution < -0.4 is 5.32 Å². The number of rotatable bonds is 8. The molecule has 0 saturated heterocycles.